The van der Waals surface area contributed by atoms with Crippen LogP contribution in [0.25, 0.3) is 0 Å². The van der Waals surface area contributed by atoms with Crippen molar-refractivity contribution >= 4 is 29.4 Å². The molecule has 1 aromatic carbocycles. The van der Waals surface area contributed by atoms with Gasteiger partial charge in [0.1, 0.15) is 12.7 Å². The molecule has 0 amide bonds. The molecule has 2 aromatic rings. The third-order valence-electron chi connectivity index (χ3n) is 1.74. The monoisotopic (exact) mass is 255 g/mol. The molecule has 0 aliphatic heterocycles. The van der Waals surface area contributed by atoms with Gasteiger partial charge in [0, 0.05) is 0 Å². The molecule has 0 saturated heterocycles. The van der Waals surface area contributed by atoms with E-state index in [4.69, 9.17) is 23.2 Å². The molecule has 5 nitrogen and oxygen atoms in total. The fourth-order valence-electron chi connectivity index (χ4n) is 1.02. The Morgan fingerprint density at radius 2 is 2.19 bits per heavy atom. The number of aromatic nitrogens is 3. The molecule has 82 valence electrons. The Labute approximate surface area is 102 Å². The largest absolute Gasteiger partial charge is 0.221 e. The molecule has 0 aliphatic rings. The quantitative estimate of drug-likeness (QED) is 0.676. The van der Waals surface area contributed by atoms with E-state index in [0.717, 1.165) is 5.56 Å². The molecule has 1 N–H and O–H groups in total. The van der Waals surface area contributed by atoms with Crippen molar-refractivity contribution in [3.05, 3.63) is 46.5 Å². The standard InChI is InChI=1S/C9H7Cl2N5/c10-8-2-1-7(3-9(8)11)4-13-15-16-6-12-5-14-16/h1-6,15H/b13-4+. The van der Waals surface area contributed by atoms with Crippen LogP contribution in [0.1, 0.15) is 5.56 Å². The van der Waals surface area contributed by atoms with Crippen LogP contribution in [0.3, 0.4) is 0 Å². The van der Waals surface area contributed by atoms with E-state index in [2.05, 4.69) is 20.7 Å². The lowest BCUT2D eigenvalue weighted by Gasteiger charge is -1.98. The molecule has 0 unspecified atom stereocenters. The topological polar surface area (TPSA) is 55.1 Å². The number of rotatable bonds is 3. The zero-order valence-corrected chi connectivity index (χ0v) is 9.52. The van der Waals surface area contributed by atoms with Crippen LogP contribution in [0, 0.1) is 0 Å². The molecule has 0 atom stereocenters. The van der Waals surface area contributed by atoms with Gasteiger partial charge in [0.05, 0.1) is 16.3 Å². The van der Waals surface area contributed by atoms with Crippen molar-refractivity contribution in [2.75, 3.05) is 5.53 Å². The van der Waals surface area contributed by atoms with Gasteiger partial charge in [0.2, 0.25) is 0 Å². The zero-order valence-electron chi connectivity index (χ0n) is 8.01. The average molecular weight is 256 g/mol. The van der Waals surface area contributed by atoms with Gasteiger partial charge >= 0.3 is 0 Å². The van der Waals surface area contributed by atoms with Crippen molar-refractivity contribution in [3.63, 3.8) is 0 Å². The summed E-state index contributed by atoms with van der Waals surface area (Å²) in [6.45, 7) is 0. The van der Waals surface area contributed by atoms with E-state index < -0.39 is 0 Å². The van der Waals surface area contributed by atoms with Crippen molar-refractivity contribution in [1.29, 1.82) is 0 Å². The lowest BCUT2D eigenvalue weighted by Crippen LogP contribution is -2.08. The molecule has 1 heterocycles. The highest BCUT2D eigenvalue weighted by Crippen LogP contribution is 2.21. The third kappa shape index (κ3) is 2.71. The van der Waals surface area contributed by atoms with E-state index in [1.807, 2.05) is 0 Å². The summed E-state index contributed by atoms with van der Waals surface area (Å²) in [5, 5.41) is 8.76. The summed E-state index contributed by atoms with van der Waals surface area (Å²) in [7, 11) is 0. The molecule has 7 heteroatoms. The van der Waals surface area contributed by atoms with Gasteiger partial charge in [-0.15, -0.1) is 9.89 Å². The summed E-state index contributed by atoms with van der Waals surface area (Å²) >= 11 is 11.6. The zero-order chi connectivity index (χ0) is 11.4. The highest BCUT2D eigenvalue weighted by molar-refractivity contribution is 6.42. The van der Waals surface area contributed by atoms with Crippen LogP contribution in [0.15, 0.2) is 36.0 Å². The highest BCUT2D eigenvalue weighted by atomic mass is 35.5. The predicted molar refractivity (Wildman–Crippen MR) is 63.4 cm³/mol. The Hall–Kier alpha value is -1.59. The minimum Gasteiger partial charge on any atom is -0.221 e. The van der Waals surface area contributed by atoms with E-state index in [-0.39, 0.29) is 0 Å². The molecular weight excluding hydrogens is 249 g/mol. The Balaban J connectivity index is 2.03. The lowest BCUT2D eigenvalue weighted by atomic mass is 10.2. The van der Waals surface area contributed by atoms with E-state index in [1.165, 1.54) is 17.4 Å². The van der Waals surface area contributed by atoms with Crippen molar-refractivity contribution in [3.8, 4) is 0 Å². The number of nitrogens with one attached hydrogen (secondary N) is 1. The number of hydrogen-bond acceptors (Lipinski definition) is 4. The van der Waals surface area contributed by atoms with Crippen LogP contribution >= 0.6 is 23.2 Å². The van der Waals surface area contributed by atoms with Crippen LogP contribution < -0.4 is 5.53 Å². The molecule has 0 saturated carbocycles. The first-order chi connectivity index (χ1) is 7.75. The van der Waals surface area contributed by atoms with Gasteiger partial charge in [0.15, 0.2) is 0 Å². The number of hydrazone groups is 1. The van der Waals surface area contributed by atoms with E-state index in [1.54, 1.807) is 24.4 Å². The SMILES string of the molecule is Clc1ccc(/C=N/Nn2cncn2)cc1Cl. The van der Waals surface area contributed by atoms with Crippen molar-refractivity contribution < 1.29 is 0 Å². The van der Waals surface area contributed by atoms with Gasteiger partial charge in [-0.1, -0.05) is 29.3 Å². The minimum absolute atomic E-state index is 0.492. The van der Waals surface area contributed by atoms with Crippen molar-refractivity contribution in [2.24, 2.45) is 5.10 Å². The molecule has 1 aromatic heterocycles. The average Bonchev–Trinajstić information content (AvgIpc) is 2.76. The molecule has 16 heavy (non-hydrogen) atoms. The third-order valence-corrected chi connectivity index (χ3v) is 2.48. The first-order valence-electron chi connectivity index (χ1n) is 4.34. The maximum atomic E-state index is 5.85. The van der Waals surface area contributed by atoms with Gasteiger partial charge in [-0.05, 0) is 17.7 Å². The van der Waals surface area contributed by atoms with Crippen LogP contribution in [-0.4, -0.2) is 21.1 Å². The van der Waals surface area contributed by atoms with Crippen LogP contribution in [0.5, 0.6) is 0 Å². The fourth-order valence-corrected chi connectivity index (χ4v) is 1.32. The molecule has 0 spiro atoms. The second kappa shape index (κ2) is 4.96. The summed E-state index contributed by atoms with van der Waals surface area (Å²) in [6, 6.07) is 5.23. The van der Waals surface area contributed by atoms with Gasteiger partial charge < -0.3 is 0 Å². The maximum absolute atomic E-state index is 5.85. The number of hydrogen-bond donors (Lipinski definition) is 1. The number of benzene rings is 1. The van der Waals surface area contributed by atoms with Crippen molar-refractivity contribution in [2.45, 2.75) is 0 Å². The molecular formula is C9H7Cl2N5. The smallest absolute Gasteiger partial charge is 0.139 e. The normalized spacial score (nSPS) is 10.9. The van der Waals surface area contributed by atoms with Crippen LogP contribution in [-0.2, 0) is 0 Å². The van der Waals surface area contributed by atoms with Gasteiger partial charge in [0.25, 0.3) is 0 Å². The summed E-state index contributed by atoms with van der Waals surface area (Å²) in [6.07, 6.45) is 4.50. The van der Waals surface area contributed by atoms with Gasteiger partial charge in [-0.3, -0.25) is 0 Å². The fraction of sp³-hybridized carbons (Fsp3) is 0. The Bertz CT molecular complexity index is 495. The molecule has 0 radical (unpaired) electrons. The van der Waals surface area contributed by atoms with Gasteiger partial charge in [-0.25, -0.2) is 4.98 Å². The predicted octanol–water partition coefficient (Wildman–Crippen LogP) is 2.16. The summed E-state index contributed by atoms with van der Waals surface area (Å²) < 4.78 is 0. The first-order valence-corrected chi connectivity index (χ1v) is 5.10. The molecule has 2 rings (SSSR count). The summed E-state index contributed by atoms with van der Waals surface area (Å²) in [5.41, 5.74) is 3.48. The van der Waals surface area contributed by atoms with Gasteiger partial charge in [-0.2, -0.15) is 10.6 Å². The number of halogens is 2. The Morgan fingerprint density at radius 1 is 1.31 bits per heavy atom. The maximum Gasteiger partial charge on any atom is 0.139 e. The first kappa shape index (κ1) is 10.9. The van der Waals surface area contributed by atoms with Crippen molar-refractivity contribution in [1.82, 2.24) is 14.9 Å². The number of nitrogens with zero attached hydrogens (tertiary/aromatic N) is 4. The Morgan fingerprint density at radius 3 is 2.88 bits per heavy atom. The molecule has 0 bridgehead atoms. The van der Waals surface area contributed by atoms with Crippen LogP contribution in [0.4, 0.5) is 0 Å². The molecule has 0 aliphatic carbocycles. The minimum atomic E-state index is 0.492. The second-order valence-electron chi connectivity index (χ2n) is 2.87. The highest BCUT2D eigenvalue weighted by Gasteiger charge is 1.96. The second-order valence-corrected chi connectivity index (χ2v) is 3.69. The Kier molecular flexibility index (Phi) is 3.38. The lowest BCUT2D eigenvalue weighted by molar-refractivity contribution is 0.754. The van der Waals surface area contributed by atoms with E-state index >= 15 is 0 Å². The summed E-state index contributed by atoms with van der Waals surface area (Å²) in [4.78, 5) is 5.12. The van der Waals surface area contributed by atoms with E-state index in [9.17, 15) is 0 Å². The summed E-state index contributed by atoms with van der Waals surface area (Å²) in [5.74, 6) is 0. The van der Waals surface area contributed by atoms with E-state index in [0.29, 0.717) is 10.0 Å². The molecule has 0 fully saturated rings. The van der Waals surface area contributed by atoms with Crippen LogP contribution in [0.2, 0.25) is 10.0 Å².